The Hall–Kier alpha value is -2.82. The van der Waals surface area contributed by atoms with E-state index in [0.717, 1.165) is 55.7 Å². The third-order valence-corrected chi connectivity index (χ3v) is 5.19. The number of carbonyl (C=O) groups excluding carboxylic acids is 2. The number of hydrogen-bond donors (Lipinski definition) is 2. The van der Waals surface area contributed by atoms with Gasteiger partial charge < -0.3 is 15.5 Å². The van der Waals surface area contributed by atoms with Gasteiger partial charge in [-0.15, -0.1) is 0 Å². The van der Waals surface area contributed by atoms with Crippen LogP contribution in [0.2, 0.25) is 0 Å². The molecule has 1 heterocycles. The molecule has 2 aromatic carbocycles. The summed E-state index contributed by atoms with van der Waals surface area (Å²) in [5.74, 6) is 0.349. The molecule has 5 nitrogen and oxygen atoms in total. The fourth-order valence-corrected chi connectivity index (χ4v) is 3.50. The van der Waals surface area contributed by atoms with Crippen molar-refractivity contribution in [3.05, 3.63) is 60.2 Å². The summed E-state index contributed by atoms with van der Waals surface area (Å²) in [7, 11) is 0. The molecule has 1 unspecified atom stereocenters. The van der Waals surface area contributed by atoms with E-state index in [1.165, 1.54) is 0 Å². The zero-order valence-corrected chi connectivity index (χ0v) is 15.4. The second-order valence-electron chi connectivity index (χ2n) is 7.36. The fraction of sp³-hybridized carbons (Fsp3) is 0.364. The van der Waals surface area contributed by atoms with E-state index >= 15 is 0 Å². The minimum absolute atomic E-state index is 0.0832. The number of benzene rings is 2. The van der Waals surface area contributed by atoms with E-state index in [-0.39, 0.29) is 17.7 Å². The van der Waals surface area contributed by atoms with Crippen LogP contribution in [0.4, 0.5) is 11.4 Å². The van der Waals surface area contributed by atoms with Gasteiger partial charge in [-0.3, -0.25) is 9.59 Å². The molecule has 2 amide bonds. The first-order valence-electron chi connectivity index (χ1n) is 9.72. The topological polar surface area (TPSA) is 61.4 Å². The number of hydrogen-bond acceptors (Lipinski definition) is 3. The smallest absolute Gasteiger partial charge is 0.249 e. The number of nitrogens with zero attached hydrogens (tertiary/aromatic N) is 1. The third-order valence-electron chi connectivity index (χ3n) is 5.19. The Labute approximate surface area is 159 Å². The van der Waals surface area contributed by atoms with Crippen LogP contribution >= 0.6 is 0 Å². The molecule has 2 aromatic rings. The maximum absolute atomic E-state index is 13.1. The molecule has 2 N–H and O–H groups in total. The van der Waals surface area contributed by atoms with E-state index in [2.05, 4.69) is 10.6 Å². The van der Waals surface area contributed by atoms with Crippen molar-refractivity contribution in [3.63, 3.8) is 0 Å². The van der Waals surface area contributed by atoms with Gasteiger partial charge in [0.1, 0.15) is 6.04 Å². The third kappa shape index (κ3) is 4.30. The maximum Gasteiger partial charge on any atom is 0.249 e. The predicted molar refractivity (Wildman–Crippen MR) is 106 cm³/mol. The summed E-state index contributed by atoms with van der Waals surface area (Å²) in [5, 5.41) is 6.36. The van der Waals surface area contributed by atoms with Crippen molar-refractivity contribution in [1.29, 1.82) is 0 Å². The normalized spacial score (nSPS) is 17.4. The summed E-state index contributed by atoms with van der Waals surface area (Å²) < 4.78 is 0. The molecule has 2 fully saturated rings. The summed E-state index contributed by atoms with van der Waals surface area (Å²) in [6.45, 7) is 1.64. The van der Waals surface area contributed by atoms with Crippen LogP contribution in [0.25, 0.3) is 0 Å². The van der Waals surface area contributed by atoms with Gasteiger partial charge in [-0.25, -0.2) is 0 Å². The molecule has 1 atom stereocenters. The number of likely N-dealkylation sites (tertiary alicyclic amines) is 1. The Kier molecular flexibility index (Phi) is 5.10. The number of anilines is 2. The van der Waals surface area contributed by atoms with Crippen molar-refractivity contribution in [1.82, 2.24) is 4.90 Å². The van der Waals surface area contributed by atoms with Gasteiger partial charge in [0.25, 0.3) is 0 Å². The molecular weight excluding hydrogens is 338 g/mol. The van der Waals surface area contributed by atoms with Gasteiger partial charge in [0, 0.05) is 30.4 Å². The van der Waals surface area contributed by atoms with E-state index in [0.29, 0.717) is 0 Å². The van der Waals surface area contributed by atoms with Crippen LogP contribution in [0, 0.1) is 5.92 Å². The fourth-order valence-electron chi connectivity index (χ4n) is 3.50. The summed E-state index contributed by atoms with van der Waals surface area (Å²) >= 11 is 0. The molecule has 0 aromatic heterocycles. The van der Waals surface area contributed by atoms with Crippen LogP contribution < -0.4 is 10.6 Å². The highest BCUT2D eigenvalue weighted by Crippen LogP contribution is 2.31. The molecule has 0 radical (unpaired) electrons. The van der Waals surface area contributed by atoms with Gasteiger partial charge in [-0.2, -0.15) is 0 Å². The summed E-state index contributed by atoms with van der Waals surface area (Å²) in [6.07, 6.45) is 4.08. The molecular formula is C22H25N3O2. The molecule has 27 heavy (non-hydrogen) atoms. The van der Waals surface area contributed by atoms with E-state index < -0.39 is 6.04 Å². The lowest BCUT2D eigenvalue weighted by atomic mass is 10.0. The van der Waals surface area contributed by atoms with Crippen LogP contribution in [-0.2, 0) is 9.59 Å². The molecule has 1 aliphatic carbocycles. The lowest BCUT2D eigenvalue weighted by Gasteiger charge is -2.25. The Morgan fingerprint density at radius 2 is 1.63 bits per heavy atom. The van der Waals surface area contributed by atoms with Crippen LogP contribution in [0.15, 0.2) is 54.6 Å². The van der Waals surface area contributed by atoms with Crippen molar-refractivity contribution < 1.29 is 9.59 Å². The predicted octanol–water partition coefficient (Wildman–Crippen LogP) is 3.81. The number of carbonyl (C=O) groups is 2. The summed E-state index contributed by atoms with van der Waals surface area (Å²) in [5.41, 5.74) is 2.53. The van der Waals surface area contributed by atoms with E-state index in [1.807, 2.05) is 59.5 Å². The van der Waals surface area contributed by atoms with Crippen molar-refractivity contribution in [2.45, 2.75) is 31.7 Å². The van der Waals surface area contributed by atoms with Crippen LogP contribution in [0.3, 0.4) is 0 Å². The Morgan fingerprint density at radius 1 is 0.926 bits per heavy atom. The van der Waals surface area contributed by atoms with Crippen LogP contribution in [-0.4, -0.2) is 29.8 Å². The van der Waals surface area contributed by atoms with Crippen LogP contribution in [0.1, 0.15) is 37.3 Å². The first-order chi connectivity index (χ1) is 13.2. The molecule has 140 valence electrons. The standard InChI is InChI=1S/C22H25N3O2/c26-21(17-11-12-17)24-19-10-6-9-18(15-19)23-20(16-7-2-1-3-8-16)22(27)25-13-4-5-14-25/h1-3,6-10,15,17,20,23H,4-5,11-14H2,(H,24,26). The van der Waals surface area contributed by atoms with E-state index in [1.54, 1.807) is 0 Å². The minimum Gasteiger partial charge on any atom is -0.370 e. The second-order valence-corrected chi connectivity index (χ2v) is 7.36. The highest BCUT2D eigenvalue weighted by Gasteiger charge is 2.30. The number of nitrogens with one attached hydrogen (secondary N) is 2. The molecule has 4 rings (SSSR count). The molecule has 0 spiro atoms. The maximum atomic E-state index is 13.1. The summed E-state index contributed by atoms with van der Waals surface area (Å²) in [6, 6.07) is 17.0. The molecule has 1 saturated carbocycles. The van der Waals surface area contributed by atoms with Gasteiger partial charge in [0.2, 0.25) is 11.8 Å². The minimum atomic E-state index is -0.432. The Bertz CT molecular complexity index is 811. The molecule has 1 saturated heterocycles. The zero-order chi connectivity index (χ0) is 18.6. The van der Waals surface area contributed by atoms with Crippen molar-refractivity contribution in [2.75, 3.05) is 23.7 Å². The SMILES string of the molecule is O=C(Nc1cccc(NC(C(=O)N2CCCC2)c2ccccc2)c1)C1CC1. The van der Waals surface area contributed by atoms with E-state index in [9.17, 15) is 9.59 Å². The average Bonchev–Trinajstić information content (AvgIpc) is 3.41. The second kappa shape index (κ2) is 7.82. The first-order valence-corrected chi connectivity index (χ1v) is 9.72. The lowest BCUT2D eigenvalue weighted by molar-refractivity contribution is -0.131. The molecule has 0 bridgehead atoms. The number of amides is 2. The van der Waals surface area contributed by atoms with Gasteiger partial charge in [-0.1, -0.05) is 36.4 Å². The first kappa shape index (κ1) is 17.6. The van der Waals surface area contributed by atoms with Crippen LogP contribution in [0.5, 0.6) is 0 Å². The van der Waals surface area contributed by atoms with Crippen molar-refractivity contribution >= 4 is 23.2 Å². The van der Waals surface area contributed by atoms with Gasteiger partial charge in [-0.05, 0) is 49.4 Å². The Balaban J connectivity index is 1.54. The zero-order valence-electron chi connectivity index (χ0n) is 15.4. The Morgan fingerprint density at radius 3 is 2.33 bits per heavy atom. The van der Waals surface area contributed by atoms with E-state index in [4.69, 9.17) is 0 Å². The quantitative estimate of drug-likeness (QED) is 0.820. The van der Waals surface area contributed by atoms with Crippen molar-refractivity contribution in [3.8, 4) is 0 Å². The molecule has 2 aliphatic rings. The highest BCUT2D eigenvalue weighted by atomic mass is 16.2. The largest absolute Gasteiger partial charge is 0.370 e. The van der Waals surface area contributed by atoms with Gasteiger partial charge in [0.15, 0.2) is 0 Å². The average molecular weight is 363 g/mol. The number of rotatable bonds is 6. The monoisotopic (exact) mass is 363 g/mol. The van der Waals surface area contributed by atoms with Crippen molar-refractivity contribution in [2.24, 2.45) is 5.92 Å². The lowest BCUT2D eigenvalue weighted by Crippen LogP contribution is -2.36. The van der Waals surface area contributed by atoms with Gasteiger partial charge in [0.05, 0.1) is 0 Å². The highest BCUT2D eigenvalue weighted by molar-refractivity contribution is 5.94. The summed E-state index contributed by atoms with van der Waals surface area (Å²) in [4.78, 5) is 27.1. The molecule has 1 aliphatic heterocycles. The molecule has 5 heteroatoms. The van der Waals surface area contributed by atoms with Gasteiger partial charge >= 0.3 is 0 Å².